The van der Waals surface area contributed by atoms with Crippen LogP contribution in [-0.4, -0.2) is 38.6 Å². The smallest absolute Gasteiger partial charge is 0.321 e. The molecule has 3 aromatic rings. The Bertz CT molecular complexity index is 1040. The monoisotopic (exact) mass is 393 g/mol. The van der Waals surface area contributed by atoms with E-state index in [2.05, 4.69) is 14.9 Å². The van der Waals surface area contributed by atoms with Crippen LogP contribution in [-0.2, 0) is 6.54 Å². The van der Waals surface area contributed by atoms with Crippen molar-refractivity contribution in [3.05, 3.63) is 54.2 Å². The molecule has 7 heteroatoms. The van der Waals surface area contributed by atoms with Gasteiger partial charge in [-0.3, -0.25) is 0 Å². The first-order chi connectivity index (χ1) is 14.2. The summed E-state index contributed by atoms with van der Waals surface area (Å²) in [7, 11) is 0. The fourth-order valence-electron chi connectivity index (χ4n) is 4.23. The molecule has 2 aromatic heterocycles. The maximum absolute atomic E-state index is 13.4. The zero-order chi connectivity index (χ0) is 19.8. The summed E-state index contributed by atoms with van der Waals surface area (Å²) < 4.78 is 15.7. The summed E-state index contributed by atoms with van der Waals surface area (Å²) in [5.74, 6) is 1.67. The van der Waals surface area contributed by atoms with E-state index in [1.54, 1.807) is 12.1 Å². The number of amides is 2. The molecule has 2 fully saturated rings. The molecule has 0 radical (unpaired) electrons. The average molecular weight is 393 g/mol. The predicted octanol–water partition coefficient (Wildman–Crippen LogP) is 4.39. The Morgan fingerprint density at radius 1 is 1.21 bits per heavy atom. The van der Waals surface area contributed by atoms with Gasteiger partial charge in [0.25, 0.3) is 0 Å². The molecule has 150 valence electrons. The number of anilines is 1. The van der Waals surface area contributed by atoms with Crippen molar-refractivity contribution in [3.8, 4) is 0 Å². The topological polar surface area (TPSA) is 63.1 Å². The van der Waals surface area contributed by atoms with Gasteiger partial charge in [0.15, 0.2) is 5.65 Å². The molecule has 2 amide bonds. The molecule has 29 heavy (non-hydrogen) atoms. The minimum atomic E-state index is -0.355. The van der Waals surface area contributed by atoms with Gasteiger partial charge in [-0.2, -0.15) is 0 Å². The van der Waals surface area contributed by atoms with Crippen molar-refractivity contribution in [1.29, 1.82) is 0 Å². The largest absolute Gasteiger partial charge is 0.324 e. The zero-order valence-electron chi connectivity index (χ0n) is 16.2. The molecule has 0 spiro atoms. The van der Waals surface area contributed by atoms with Crippen LogP contribution in [0.3, 0.4) is 0 Å². The summed E-state index contributed by atoms with van der Waals surface area (Å²) in [5, 5.41) is 2.82. The third-order valence-electron chi connectivity index (χ3n) is 5.80. The number of hydrogen-bond donors (Lipinski definition) is 1. The van der Waals surface area contributed by atoms with Gasteiger partial charge in [-0.05, 0) is 61.9 Å². The highest BCUT2D eigenvalue weighted by Gasteiger charge is 2.32. The van der Waals surface area contributed by atoms with Crippen molar-refractivity contribution >= 4 is 22.9 Å². The second kappa shape index (κ2) is 7.46. The maximum atomic E-state index is 13.4. The second-order valence-corrected chi connectivity index (χ2v) is 8.10. The Labute approximate surface area is 168 Å². The van der Waals surface area contributed by atoms with E-state index in [9.17, 15) is 9.18 Å². The van der Waals surface area contributed by atoms with Crippen LogP contribution in [0.15, 0.2) is 42.6 Å². The molecule has 1 N–H and O–H groups in total. The first-order valence-electron chi connectivity index (χ1n) is 10.3. The number of fused-ring (bicyclic) bond motifs is 1. The summed E-state index contributed by atoms with van der Waals surface area (Å²) in [5.41, 5.74) is 2.37. The van der Waals surface area contributed by atoms with Gasteiger partial charge in [0.05, 0.1) is 0 Å². The van der Waals surface area contributed by atoms with Crippen LogP contribution < -0.4 is 5.32 Å². The molecule has 1 atom stereocenters. The van der Waals surface area contributed by atoms with Gasteiger partial charge in [0.1, 0.15) is 17.2 Å². The van der Waals surface area contributed by atoms with Crippen molar-refractivity contribution in [2.45, 2.75) is 38.1 Å². The lowest BCUT2D eigenvalue weighted by molar-refractivity contribution is 0.170. The van der Waals surface area contributed by atoms with E-state index in [1.165, 1.54) is 25.0 Å². The van der Waals surface area contributed by atoms with Crippen LogP contribution in [0.2, 0.25) is 0 Å². The van der Waals surface area contributed by atoms with Crippen molar-refractivity contribution in [1.82, 2.24) is 19.4 Å². The number of carbonyl (C=O) groups is 1. The molecule has 0 bridgehead atoms. The van der Waals surface area contributed by atoms with Crippen molar-refractivity contribution in [2.75, 3.05) is 18.4 Å². The van der Waals surface area contributed by atoms with Crippen LogP contribution in [0, 0.1) is 11.7 Å². The van der Waals surface area contributed by atoms with Crippen molar-refractivity contribution in [3.63, 3.8) is 0 Å². The number of imidazole rings is 1. The molecule has 5 rings (SSSR count). The number of likely N-dealkylation sites (tertiary alicyclic amines) is 1. The highest BCUT2D eigenvalue weighted by molar-refractivity contribution is 5.89. The zero-order valence-corrected chi connectivity index (χ0v) is 16.2. The summed E-state index contributed by atoms with van der Waals surface area (Å²) in [6.07, 6.45) is 6.23. The number of piperidine rings is 1. The Morgan fingerprint density at radius 3 is 2.93 bits per heavy atom. The number of hydrogen-bond acceptors (Lipinski definition) is 3. The second-order valence-electron chi connectivity index (χ2n) is 8.10. The average Bonchev–Trinajstić information content (AvgIpc) is 3.51. The highest BCUT2D eigenvalue weighted by atomic mass is 19.1. The van der Waals surface area contributed by atoms with Crippen molar-refractivity contribution in [2.24, 2.45) is 5.92 Å². The Balaban J connectivity index is 1.31. The molecule has 3 heterocycles. The van der Waals surface area contributed by atoms with E-state index in [4.69, 9.17) is 4.98 Å². The van der Waals surface area contributed by atoms with Gasteiger partial charge >= 0.3 is 6.03 Å². The summed E-state index contributed by atoms with van der Waals surface area (Å²) in [4.78, 5) is 23.9. The van der Waals surface area contributed by atoms with E-state index < -0.39 is 0 Å². The molecular weight excluding hydrogens is 369 g/mol. The van der Waals surface area contributed by atoms with Crippen LogP contribution in [0.5, 0.6) is 0 Å². The van der Waals surface area contributed by atoms with E-state index in [0.717, 1.165) is 42.9 Å². The fraction of sp³-hybridized carbons (Fsp3) is 0.409. The summed E-state index contributed by atoms with van der Waals surface area (Å²) in [6.45, 7) is 2.22. The van der Waals surface area contributed by atoms with Gasteiger partial charge in [0, 0.05) is 37.4 Å². The number of carbonyl (C=O) groups excluding carboxylic acids is 1. The lowest BCUT2D eigenvalue weighted by Gasteiger charge is -2.33. The fourth-order valence-corrected chi connectivity index (χ4v) is 4.23. The standard InChI is InChI=1S/C22H24FN5O/c23-17-5-1-6-18(12-17)25-22(29)27-11-3-4-15(13-27)14-28-20(16-8-9-16)26-19-7-2-10-24-21(19)28/h1-2,5-7,10,12,15-16H,3-4,8-9,11,13-14H2,(H,25,29). The number of aromatic nitrogens is 3. The lowest BCUT2D eigenvalue weighted by Crippen LogP contribution is -2.43. The molecule has 1 saturated heterocycles. The molecule has 2 aliphatic rings. The molecule has 1 aliphatic heterocycles. The maximum Gasteiger partial charge on any atom is 0.321 e. The Kier molecular flexibility index (Phi) is 4.66. The van der Waals surface area contributed by atoms with Gasteiger partial charge in [-0.1, -0.05) is 6.07 Å². The number of halogens is 1. The first-order valence-corrected chi connectivity index (χ1v) is 10.3. The molecule has 1 saturated carbocycles. The minimum Gasteiger partial charge on any atom is -0.324 e. The van der Waals surface area contributed by atoms with E-state index in [0.29, 0.717) is 24.1 Å². The number of pyridine rings is 1. The van der Waals surface area contributed by atoms with Gasteiger partial charge in [-0.15, -0.1) is 0 Å². The van der Waals surface area contributed by atoms with Gasteiger partial charge in [-0.25, -0.2) is 19.2 Å². The van der Waals surface area contributed by atoms with Crippen LogP contribution in [0.25, 0.3) is 11.2 Å². The van der Waals surface area contributed by atoms with Crippen LogP contribution in [0.4, 0.5) is 14.9 Å². The summed E-state index contributed by atoms with van der Waals surface area (Å²) >= 11 is 0. The SMILES string of the molecule is O=C(Nc1cccc(F)c1)N1CCCC(Cn2c(C3CC3)nc3cccnc32)C1. The molecule has 1 aromatic carbocycles. The third kappa shape index (κ3) is 3.81. The number of urea groups is 1. The molecule has 6 nitrogen and oxygen atoms in total. The quantitative estimate of drug-likeness (QED) is 0.715. The van der Waals surface area contributed by atoms with Gasteiger partial charge in [0.2, 0.25) is 0 Å². The normalized spacial score (nSPS) is 19.5. The number of rotatable bonds is 4. The van der Waals surface area contributed by atoms with Gasteiger partial charge < -0.3 is 14.8 Å². The van der Waals surface area contributed by atoms with E-state index in [-0.39, 0.29) is 11.8 Å². The molecule has 1 aliphatic carbocycles. The lowest BCUT2D eigenvalue weighted by atomic mass is 9.98. The predicted molar refractivity (Wildman–Crippen MR) is 109 cm³/mol. The Morgan fingerprint density at radius 2 is 2.10 bits per heavy atom. The van der Waals surface area contributed by atoms with Crippen LogP contribution >= 0.6 is 0 Å². The first kappa shape index (κ1) is 18.1. The molecule has 1 unspecified atom stereocenters. The number of nitrogens with zero attached hydrogens (tertiary/aromatic N) is 4. The summed E-state index contributed by atoms with van der Waals surface area (Å²) in [6, 6.07) is 9.78. The van der Waals surface area contributed by atoms with E-state index >= 15 is 0 Å². The van der Waals surface area contributed by atoms with Crippen molar-refractivity contribution < 1.29 is 9.18 Å². The van der Waals surface area contributed by atoms with Crippen LogP contribution in [0.1, 0.15) is 37.4 Å². The highest BCUT2D eigenvalue weighted by Crippen LogP contribution is 2.41. The third-order valence-corrected chi connectivity index (χ3v) is 5.80. The number of benzene rings is 1. The van der Waals surface area contributed by atoms with E-state index in [1.807, 2.05) is 23.2 Å². The molecular formula is C22H24FN5O. The minimum absolute atomic E-state index is 0.170. The number of nitrogens with one attached hydrogen (secondary N) is 1. The Hall–Kier alpha value is -2.96.